The Morgan fingerprint density at radius 2 is 2.04 bits per heavy atom. The molecule has 0 bridgehead atoms. The van der Waals surface area contributed by atoms with Crippen LogP contribution in [0.4, 0.5) is 10.1 Å². The van der Waals surface area contributed by atoms with E-state index in [1.54, 1.807) is 24.3 Å². The van der Waals surface area contributed by atoms with Crippen LogP contribution in [0.1, 0.15) is 5.56 Å². The van der Waals surface area contributed by atoms with Crippen LogP contribution in [-0.2, 0) is 4.79 Å². The van der Waals surface area contributed by atoms with Crippen molar-refractivity contribution in [2.75, 3.05) is 6.61 Å². The quantitative estimate of drug-likeness (QED) is 0.377. The van der Waals surface area contributed by atoms with Gasteiger partial charge >= 0.3 is 0 Å². The number of hydrogen-bond donors (Lipinski definition) is 1. The maximum absolute atomic E-state index is 12.9. The van der Waals surface area contributed by atoms with E-state index >= 15 is 0 Å². The molecule has 1 saturated heterocycles. The lowest BCUT2D eigenvalue weighted by Crippen LogP contribution is -2.19. The second-order valence-electron chi connectivity index (χ2n) is 5.25. The van der Waals surface area contributed by atoms with Crippen molar-refractivity contribution in [2.45, 2.75) is 0 Å². The number of benzene rings is 2. The summed E-state index contributed by atoms with van der Waals surface area (Å²) in [5.41, 5.74) is 1.47. The van der Waals surface area contributed by atoms with E-state index in [4.69, 9.17) is 4.74 Å². The molecule has 1 N–H and O–H groups in total. The highest BCUT2D eigenvalue weighted by atomic mass is 127. The monoisotopic (exact) mass is 480 g/mol. The number of nitrogens with one attached hydrogen (secondary N) is 1. The number of ether oxygens (including phenoxy) is 1. The Morgan fingerprint density at radius 1 is 1.27 bits per heavy atom. The summed E-state index contributed by atoms with van der Waals surface area (Å²) >= 11 is 3.44. The summed E-state index contributed by atoms with van der Waals surface area (Å²) in [6.45, 7) is 4.07. The summed E-state index contributed by atoms with van der Waals surface area (Å²) in [5, 5.41) is 3.18. The van der Waals surface area contributed by atoms with Crippen LogP contribution < -0.4 is 10.1 Å². The van der Waals surface area contributed by atoms with Gasteiger partial charge in [-0.1, -0.05) is 18.7 Å². The van der Waals surface area contributed by atoms with Gasteiger partial charge in [0, 0.05) is 0 Å². The minimum Gasteiger partial charge on any atom is -0.488 e. The number of thioether (sulfide) groups is 1. The van der Waals surface area contributed by atoms with Crippen LogP contribution in [0.5, 0.6) is 5.75 Å². The number of rotatable bonds is 5. The van der Waals surface area contributed by atoms with Crippen molar-refractivity contribution in [3.8, 4) is 5.75 Å². The lowest BCUT2D eigenvalue weighted by Gasteiger charge is -2.06. The summed E-state index contributed by atoms with van der Waals surface area (Å²) in [6.07, 6.45) is 3.49. The number of carbonyl (C=O) groups excluding carboxylic acids is 1. The molecule has 26 heavy (non-hydrogen) atoms. The molecule has 4 nitrogen and oxygen atoms in total. The first kappa shape index (κ1) is 18.7. The molecule has 1 aliphatic rings. The van der Waals surface area contributed by atoms with Crippen molar-refractivity contribution < 1.29 is 13.9 Å². The molecular weight excluding hydrogens is 466 g/mol. The van der Waals surface area contributed by atoms with Crippen molar-refractivity contribution in [3.05, 3.63) is 75.0 Å². The van der Waals surface area contributed by atoms with E-state index in [2.05, 4.69) is 39.5 Å². The Labute approximate surface area is 168 Å². The first-order valence-corrected chi connectivity index (χ1v) is 9.53. The van der Waals surface area contributed by atoms with Crippen LogP contribution in [0.3, 0.4) is 0 Å². The third-order valence-electron chi connectivity index (χ3n) is 3.32. The number of aliphatic imine (C=N–C) groups is 1. The van der Waals surface area contributed by atoms with Crippen molar-refractivity contribution >= 4 is 57.2 Å². The Morgan fingerprint density at radius 3 is 2.73 bits per heavy atom. The van der Waals surface area contributed by atoms with Gasteiger partial charge < -0.3 is 10.1 Å². The zero-order valence-electron chi connectivity index (χ0n) is 13.5. The molecule has 0 aromatic heterocycles. The lowest BCUT2D eigenvalue weighted by molar-refractivity contribution is -0.115. The standard InChI is InChI=1S/C19H14FIN2O2S/c1-2-9-25-16-8-3-12(10-15(16)21)11-17-18(24)23-19(26-17)22-14-6-4-13(20)5-7-14/h2-8,10-11H,1,9H2,(H,22,23,24)/b17-11+. The second kappa shape index (κ2) is 8.50. The molecule has 0 saturated carbocycles. The van der Waals surface area contributed by atoms with Gasteiger partial charge in [-0.15, -0.1) is 0 Å². The topological polar surface area (TPSA) is 50.7 Å². The first-order chi connectivity index (χ1) is 12.5. The average Bonchev–Trinajstić information content (AvgIpc) is 2.95. The van der Waals surface area contributed by atoms with Crippen LogP contribution in [0, 0.1) is 9.39 Å². The molecule has 0 radical (unpaired) electrons. The summed E-state index contributed by atoms with van der Waals surface area (Å²) in [4.78, 5) is 17.0. The van der Waals surface area contributed by atoms with Crippen molar-refractivity contribution in [1.82, 2.24) is 5.32 Å². The van der Waals surface area contributed by atoms with Crippen LogP contribution in [0.25, 0.3) is 6.08 Å². The third-order valence-corrected chi connectivity index (χ3v) is 5.07. The van der Waals surface area contributed by atoms with Crippen molar-refractivity contribution in [2.24, 2.45) is 4.99 Å². The molecule has 132 valence electrons. The molecule has 1 amide bonds. The van der Waals surface area contributed by atoms with E-state index in [1.165, 1.54) is 23.9 Å². The molecule has 0 spiro atoms. The van der Waals surface area contributed by atoms with Crippen molar-refractivity contribution in [3.63, 3.8) is 0 Å². The molecule has 0 unspecified atom stereocenters. The lowest BCUT2D eigenvalue weighted by atomic mass is 10.2. The van der Waals surface area contributed by atoms with E-state index in [0.717, 1.165) is 14.9 Å². The minimum atomic E-state index is -0.326. The SMILES string of the molecule is C=CCOc1ccc(/C=C2/SC(=Nc3ccc(F)cc3)NC2=O)cc1I. The highest BCUT2D eigenvalue weighted by molar-refractivity contribution is 14.1. The van der Waals surface area contributed by atoms with Gasteiger partial charge in [-0.2, -0.15) is 0 Å². The van der Waals surface area contributed by atoms with Gasteiger partial charge in [-0.25, -0.2) is 9.38 Å². The first-order valence-electron chi connectivity index (χ1n) is 7.63. The maximum Gasteiger partial charge on any atom is 0.264 e. The van der Waals surface area contributed by atoms with Gasteiger partial charge in [0.2, 0.25) is 0 Å². The van der Waals surface area contributed by atoms with Gasteiger partial charge in [-0.05, 0) is 82.4 Å². The smallest absolute Gasteiger partial charge is 0.264 e. The Kier molecular flexibility index (Phi) is 6.10. The number of amidine groups is 1. The fourth-order valence-electron chi connectivity index (χ4n) is 2.14. The molecule has 1 aliphatic heterocycles. The second-order valence-corrected chi connectivity index (χ2v) is 7.44. The van der Waals surface area contributed by atoms with Crippen LogP contribution in [0.15, 0.2) is 65.0 Å². The molecule has 3 rings (SSSR count). The van der Waals surface area contributed by atoms with Crippen LogP contribution in [0.2, 0.25) is 0 Å². The molecule has 0 atom stereocenters. The average molecular weight is 480 g/mol. The number of amides is 1. The van der Waals surface area contributed by atoms with E-state index in [-0.39, 0.29) is 11.7 Å². The molecular formula is C19H14FIN2O2S. The van der Waals surface area contributed by atoms with E-state index in [1.807, 2.05) is 18.2 Å². The summed E-state index contributed by atoms with van der Waals surface area (Å²) in [7, 11) is 0. The van der Waals surface area contributed by atoms with Gasteiger partial charge in [0.05, 0.1) is 14.2 Å². The van der Waals surface area contributed by atoms with Gasteiger partial charge in [-0.3, -0.25) is 4.79 Å². The van der Waals surface area contributed by atoms with E-state index in [0.29, 0.717) is 22.4 Å². The number of nitrogens with zero attached hydrogens (tertiary/aromatic N) is 1. The molecule has 0 aliphatic carbocycles. The zero-order valence-corrected chi connectivity index (χ0v) is 16.5. The molecule has 2 aromatic carbocycles. The summed E-state index contributed by atoms with van der Waals surface area (Å²) in [5.74, 6) is 0.236. The predicted molar refractivity (Wildman–Crippen MR) is 112 cm³/mol. The Hall–Kier alpha value is -2.13. The Bertz CT molecular complexity index is 910. The van der Waals surface area contributed by atoms with Gasteiger partial charge in [0.15, 0.2) is 5.17 Å². The zero-order chi connectivity index (χ0) is 18.5. The molecule has 7 heteroatoms. The van der Waals surface area contributed by atoms with Crippen LogP contribution in [-0.4, -0.2) is 17.7 Å². The van der Waals surface area contributed by atoms with E-state index < -0.39 is 0 Å². The fourth-order valence-corrected chi connectivity index (χ4v) is 3.67. The summed E-state index contributed by atoms with van der Waals surface area (Å²) in [6, 6.07) is 11.5. The highest BCUT2D eigenvalue weighted by Gasteiger charge is 2.23. The van der Waals surface area contributed by atoms with Crippen LogP contribution >= 0.6 is 34.4 Å². The molecule has 1 fully saturated rings. The van der Waals surface area contributed by atoms with Crippen molar-refractivity contribution in [1.29, 1.82) is 0 Å². The highest BCUT2D eigenvalue weighted by Crippen LogP contribution is 2.29. The fraction of sp³-hybridized carbons (Fsp3) is 0.0526. The summed E-state index contributed by atoms with van der Waals surface area (Å²) < 4.78 is 19.4. The molecule has 1 heterocycles. The van der Waals surface area contributed by atoms with E-state index in [9.17, 15) is 9.18 Å². The van der Waals surface area contributed by atoms with Gasteiger partial charge in [0.25, 0.3) is 5.91 Å². The maximum atomic E-state index is 12.9. The molecule has 2 aromatic rings. The number of halogens is 2. The predicted octanol–water partition coefficient (Wildman–Crippen LogP) is 4.89. The Balaban J connectivity index is 1.77. The number of carbonyl (C=O) groups is 1. The minimum absolute atomic E-state index is 0.210. The normalized spacial score (nSPS) is 16.8. The largest absolute Gasteiger partial charge is 0.488 e. The van der Waals surface area contributed by atoms with Gasteiger partial charge in [0.1, 0.15) is 18.2 Å². The number of hydrogen-bond acceptors (Lipinski definition) is 4. The third kappa shape index (κ3) is 4.73.